The predicted octanol–water partition coefficient (Wildman–Crippen LogP) is 1.63. The number of halogens is 2. The van der Waals surface area contributed by atoms with E-state index in [1.165, 1.54) is 6.07 Å². The van der Waals surface area contributed by atoms with Gasteiger partial charge in [-0.25, -0.2) is 0 Å². The average Bonchev–Trinajstić information content (AvgIpc) is 3.22. The smallest absolute Gasteiger partial charge is 0.387 e. The van der Waals surface area contributed by atoms with Crippen molar-refractivity contribution in [3.63, 3.8) is 0 Å². The van der Waals surface area contributed by atoms with Crippen molar-refractivity contribution >= 4 is 5.96 Å². The van der Waals surface area contributed by atoms with Gasteiger partial charge in [-0.2, -0.15) is 8.78 Å². The van der Waals surface area contributed by atoms with Crippen molar-refractivity contribution in [3.05, 3.63) is 17.7 Å². The third-order valence-electron chi connectivity index (χ3n) is 4.49. The van der Waals surface area contributed by atoms with Gasteiger partial charge in [-0.15, -0.1) is 0 Å². The number of nitrogens with zero attached hydrogens (tertiary/aromatic N) is 2. The van der Waals surface area contributed by atoms with Crippen molar-refractivity contribution in [3.8, 4) is 17.2 Å². The molecular weight excluding hydrogens is 346 g/mol. The van der Waals surface area contributed by atoms with E-state index < -0.39 is 6.61 Å². The molecule has 0 bridgehead atoms. The summed E-state index contributed by atoms with van der Waals surface area (Å²) in [6.45, 7) is 0.391. The van der Waals surface area contributed by atoms with Gasteiger partial charge in [-0.05, 0) is 32.0 Å². The number of aliphatic imine (C=N–C) groups is 1. The molecule has 144 valence electrons. The first-order valence-corrected chi connectivity index (χ1v) is 8.55. The fraction of sp³-hybridized carbons (Fsp3) is 0.588. The van der Waals surface area contributed by atoms with Crippen molar-refractivity contribution in [1.82, 2.24) is 15.5 Å². The standard InChI is InChI=1S/C17H24F2N4O3/c1-20-17(21-7-11-3-4-23(2)9-11)22-8-12-5-14-15(25-10-24-14)6-13(12)26-16(18)19/h5-6,11,16H,3-4,7-10H2,1-2H3,(H2,20,21,22). The Kier molecular flexibility index (Phi) is 5.97. The minimum atomic E-state index is -2.91. The molecule has 1 aromatic carbocycles. The Morgan fingerprint density at radius 1 is 1.35 bits per heavy atom. The summed E-state index contributed by atoms with van der Waals surface area (Å²) < 4.78 is 40.5. The molecule has 0 spiro atoms. The highest BCUT2D eigenvalue weighted by molar-refractivity contribution is 5.79. The largest absolute Gasteiger partial charge is 0.454 e. The molecule has 2 heterocycles. The molecule has 1 aromatic rings. The number of ether oxygens (including phenoxy) is 3. The lowest BCUT2D eigenvalue weighted by atomic mass is 10.1. The van der Waals surface area contributed by atoms with Crippen LogP contribution in [0.3, 0.4) is 0 Å². The second-order valence-electron chi connectivity index (χ2n) is 6.42. The van der Waals surface area contributed by atoms with Crippen LogP contribution >= 0.6 is 0 Å². The van der Waals surface area contributed by atoms with Crippen molar-refractivity contribution in [2.75, 3.05) is 40.5 Å². The van der Waals surface area contributed by atoms with E-state index in [0.717, 1.165) is 26.1 Å². The van der Waals surface area contributed by atoms with Crippen LogP contribution in [0, 0.1) is 5.92 Å². The van der Waals surface area contributed by atoms with E-state index >= 15 is 0 Å². The maximum absolute atomic E-state index is 12.7. The number of benzene rings is 1. The van der Waals surface area contributed by atoms with Crippen LogP contribution in [-0.2, 0) is 6.54 Å². The van der Waals surface area contributed by atoms with E-state index in [1.54, 1.807) is 13.1 Å². The predicted molar refractivity (Wildman–Crippen MR) is 93.0 cm³/mol. The monoisotopic (exact) mass is 370 g/mol. The molecule has 2 aliphatic rings. The lowest BCUT2D eigenvalue weighted by Crippen LogP contribution is -2.39. The second kappa shape index (κ2) is 8.39. The molecule has 0 amide bonds. The summed E-state index contributed by atoms with van der Waals surface area (Å²) in [4.78, 5) is 6.48. The minimum absolute atomic E-state index is 0.0598. The van der Waals surface area contributed by atoms with Gasteiger partial charge < -0.3 is 29.7 Å². The SMILES string of the molecule is CN=C(NCc1cc2c(cc1OC(F)F)OCO2)NCC1CCN(C)C1. The molecule has 7 nitrogen and oxygen atoms in total. The molecule has 9 heteroatoms. The van der Waals surface area contributed by atoms with Crippen LogP contribution in [0.5, 0.6) is 17.2 Å². The van der Waals surface area contributed by atoms with E-state index in [9.17, 15) is 8.78 Å². The molecule has 0 radical (unpaired) electrons. The van der Waals surface area contributed by atoms with Gasteiger partial charge in [0.25, 0.3) is 0 Å². The molecule has 0 aromatic heterocycles. The Hall–Kier alpha value is -2.29. The van der Waals surface area contributed by atoms with Gasteiger partial charge in [-0.1, -0.05) is 0 Å². The Morgan fingerprint density at radius 3 is 2.77 bits per heavy atom. The zero-order valence-electron chi connectivity index (χ0n) is 14.9. The average molecular weight is 370 g/mol. The lowest BCUT2D eigenvalue weighted by Gasteiger charge is -2.17. The number of guanidine groups is 1. The normalized spacial score (nSPS) is 19.9. The van der Waals surface area contributed by atoms with Gasteiger partial charge in [0.15, 0.2) is 17.5 Å². The first-order valence-electron chi connectivity index (χ1n) is 8.55. The quantitative estimate of drug-likeness (QED) is 0.586. The highest BCUT2D eigenvalue weighted by Crippen LogP contribution is 2.38. The number of fused-ring (bicyclic) bond motifs is 1. The molecular formula is C17H24F2N4O3. The zero-order valence-corrected chi connectivity index (χ0v) is 14.9. The number of nitrogens with one attached hydrogen (secondary N) is 2. The number of hydrogen-bond acceptors (Lipinski definition) is 5. The van der Waals surface area contributed by atoms with E-state index in [4.69, 9.17) is 9.47 Å². The van der Waals surface area contributed by atoms with Gasteiger partial charge in [0, 0.05) is 38.3 Å². The van der Waals surface area contributed by atoms with Crippen molar-refractivity contribution in [1.29, 1.82) is 0 Å². The molecule has 1 unspecified atom stereocenters. The van der Waals surface area contributed by atoms with E-state index in [0.29, 0.717) is 28.9 Å². The third kappa shape index (κ3) is 4.66. The fourth-order valence-corrected chi connectivity index (χ4v) is 3.14. The Balaban J connectivity index is 1.60. The Labute approximate surface area is 151 Å². The first-order chi connectivity index (χ1) is 12.5. The number of hydrogen-bond donors (Lipinski definition) is 2. The van der Waals surface area contributed by atoms with E-state index in [-0.39, 0.29) is 19.1 Å². The summed E-state index contributed by atoms with van der Waals surface area (Å²) in [5.41, 5.74) is 0.540. The minimum Gasteiger partial charge on any atom is -0.454 e. The van der Waals surface area contributed by atoms with Crippen LogP contribution in [0.2, 0.25) is 0 Å². The Bertz CT molecular complexity index is 657. The molecule has 1 fully saturated rings. The molecule has 0 saturated carbocycles. The molecule has 2 aliphatic heterocycles. The third-order valence-corrected chi connectivity index (χ3v) is 4.49. The van der Waals surface area contributed by atoms with Crippen LogP contribution in [0.25, 0.3) is 0 Å². The van der Waals surface area contributed by atoms with Gasteiger partial charge in [0.2, 0.25) is 6.79 Å². The van der Waals surface area contributed by atoms with Crippen molar-refractivity contribution < 1.29 is 23.0 Å². The van der Waals surface area contributed by atoms with Gasteiger partial charge in [0.1, 0.15) is 5.75 Å². The summed E-state index contributed by atoms with van der Waals surface area (Å²) in [6.07, 6.45) is 1.15. The lowest BCUT2D eigenvalue weighted by molar-refractivity contribution is -0.0505. The summed E-state index contributed by atoms with van der Waals surface area (Å²) in [6, 6.07) is 3.07. The van der Waals surface area contributed by atoms with Crippen LogP contribution in [0.1, 0.15) is 12.0 Å². The Morgan fingerprint density at radius 2 is 2.12 bits per heavy atom. The van der Waals surface area contributed by atoms with Crippen LogP contribution in [-0.4, -0.2) is 58.0 Å². The topological polar surface area (TPSA) is 67.4 Å². The first kappa shape index (κ1) is 18.5. The summed E-state index contributed by atoms with van der Waals surface area (Å²) >= 11 is 0. The maximum Gasteiger partial charge on any atom is 0.387 e. The van der Waals surface area contributed by atoms with E-state index in [1.807, 2.05) is 0 Å². The second-order valence-corrected chi connectivity index (χ2v) is 6.42. The van der Waals surface area contributed by atoms with Gasteiger partial charge >= 0.3 is 6.61 Å². The van der Waals surface area contributed by atoms with Crippen LogP contribution in [0.4, 0.5) is 8.78 Å². The van der Waals surface area contributed by atoms with Gasteiger partial charge in [-0.3, -0.25) is 4.99 Å². The van der Waals surface area contributed by atoms with E-state index in [2.05, 4.69) is 32.3 Å². The maximum atomic E-state index is 12.7. The number of alkyl halides is 2. The van der Waals surface area contributed by atoms with Crippen molar-refractivity contribution in [2.45, 2.75) is 19.6 Å². The number of rotatable bonds is 6. The summed E-state index contributed by atoms with van der Waals surface area (Å²) in [5, 5.41) is 6.41. The molecule has 3 rings (SSSR count). The highest BCUT2D eigenvalue weighted by atomic mass is 19.3. The number of likely N-dealkylation sites (tertiary alicyclic amines) is 1. The zero-order chi connectivity index (χ0) is 18.5. The molecule has 1 atom stereocenters. The van der Waals surface area contributed by atoms with Gasteiger partial charge in [0.05, 0.1) is 0 Å². The summed E-state index contributed by atoms with van der Waals surface area (Å²) in [7, 11) is 3.78. The van der Waals surface area contributed by atoms with Crippen LogP contribution < -0.4 is 24.8 Å². The molecule has 0 aliphatic carbocycles. The van der Waals surface area contributed by atoms with Crippen molar-refractivity contribution in [2.24, 2.45) is 10.9 Å². The fourth-order valence-electron chi connectivity index (χ4n) is 3.14. The highest BCUT2D eigenvalue weighted by Gasteiger charge is 2.21. The molecule has 1 saturated heterocycles. The molecule has 26 heavy (non-hydrogen) atoms. The molecule has 2 N–H and O–H groups in total. The van der Waals surface area contributed by atoms with Crippen LogP contribution in [0.15, 0.2) is 17.1 Å². The summed E-state index contributed by atoms with van der Waals surface area (Å²) in [5.74, 6) is 2.16.